The molecule has 0 amide bonds. The van der Waals surface area contributed by atoms with Crippen molar-refractivity contribution in [3.8, 4) is 0 Å². The molecule has 0 radical (unpaired) electrons. The van der Waals surface area contributed by atoms with E-state index in [0.29, 0.717) is 11.4 Å². The van der Waals surface area contributed by atoms with Crippen LogP contribution in [0, 0.1) is 0 Å². The smallest absolute Gasteiger partial charge is 0.206 e. The first-order valence-electron chi connectivity index (χ1n) is 9.53. The maximum atomic E-state index is 12.9. The summed E-state index contributed by atoms with van der Waals surface area (Å²) in [6, 6.07) is 11.0. The third kappa shape index (κ3) is 6.50. The highest BCUT2D eigenvalue weighted by Crippen LogP contribution is 2.26. The topological polar surface area (TPSA) is 158 Å². The summed E-state index contributed by atoms with van der Waals surface area (Å²) < 4.78 is 25.7. The molecule has 0 bridgehead atoms. The maximum absolute atomic E-state index is 12.9. The van der Waals surface area contributed by atoms with E-state index < -0.39 is 21.4 Å². The predicted molar refractivity (Wildman–Crippen MR) is 119 cm³/mol. The van der Waals surface area contributed by atoms with Gasteiger partial charge in [-0.05, 0) is 62.4 Å². The molecule has 2 N–H and O–H groups in total. The lowest BCUT2D eigenvalue weighted by atomic mass is 10.3. The van der Waals surface area contributed by atoms with Crippen molar-refractivity contribution >= 4 is 32.8 Å². The summed E-state index contributed by atoms with van der Waals surface area (Å²) in [5.74, 6) is -1.45. The average molecular weight is 471 g/mol. The number of hydrogen-bond acceptors (Lipinski definition) is 10. The van der Waals surface area contributed by atoms with Crippen molar-refractivity contribution in [3.63, 3.8) is 0 Å². The Balaban J connectivity index is 2.25. The number of azo groups is 2. The first kappa shape index (κ1) is 25.3. The fourth-order valence-corrected chi connectivity index (χ4v) is 3.79. The normalized spacial score (nSPS) is 13.7. The minimum absolute atomic E-state index is 0.00852. The van der Waals surface area contributed by atoms with E-state index in [1.807, 2.05) is 0 Å². The van der Waals surface area contributed by atoms with Crippen molar-refractivity contribution in [2.45, 2.75) is 37.5 Å². The van der Waals surface area contributed by atoms with Gasteiger partial charge in [0.05, 0.1) is 21.2 Å². The Kier molecular flexibility index (Phi) is 8.08. The van der Waals surface area contributed by atoms with Crippen LogP contribution in [0.4, 0.5) is 11.4 Å². The third-order valence-corrected chi connectivity index (χ3v) is 5.96. The number of rotatable bonds is 8. The molecule has 0 saturated carbocycles. The van der Waals surface area contributed by atoms with Gasteiger partial charge in [-0.25, -0.2) is 8.42 Å². The third-order valence-electron chi connectivity index (χ3n) is 4.18. The molecule has 0 fully saturated rings. The number of hydrogen-bond donors (Lipinski definition) is 2. The van der Waals surface area contributed by atoms with Gasteiger partial charge in [0, 0.05) is 13.8 Å². The Morgan fingerprint density at radius 3 is 1.18 bits per heavy atom. The second-order valence-electron chi connectivity index (χ2n) is 6.87. The highest BCUT2D eigenvalue weighted by molar-refractivity contribution is 7.91. The van der Waals surface area contributed by atoms with Crippen LogP contribution in [-0.4, -0.2) is 30.2 Å². The van der Waals surface area contributed by atoms with Gasteiger partial charge in [-0.15, -0.1) is 10.2 Å². The summed E-state index contributed by atoms with van der Waals surface area (Å²) in [5, 5.41) is 34.0. The molecule has 0 heterocycles. The molecule has 0 spiro atoms. The molecule has 0 saturated heterocycles. The predicted octanol–water partition coefficient (Wildman–Crippen LogP) is 5.44. The van der Waals surface area contributed by atoms with Crippen molar-refractivity contribution in [1.29, 1.82) is 0 Å². The number of sulfone groups is 1. The second-order valence-corrected chi connectivity index (χ2v) is 8.82. The van der Waals surface area contributed by atoms with Gasteiger partial charge < -0.3 is 10.2 Å². The van der Waals surface area contributed by atoms with Crippen LogP contribution in [0.25, 0.3) is 0 Å². The number of benzene rings is 2. The molecule has 0 aromatic heterocycles. The number of nitrogens with zero attached hydrogens (tertiary/aromatic N) is 4. The van der Waals surface area contributed by atoms with E-state index in [1.54, 1.807) is 0 Å². The fraction of sp³-hybridized carbons (Fsp3) is 0.182. The van der Waals surface area contributed by atoms with Crippen molar-refractivity contribution in [3.05, 3.63) is 71.4 Å². The number of carbonyl (C=O) groups excluding carboxylic acids is 2. The summed E-state index contributed by atoms with van der Waals surface area (Å²) >= 11 is 0. The molecule has 11 heteroatoms. The fourth-order valence-electron chi connectivity index (χ4n) is 2.53. The van der Waals surface area contributed by atoms with E-state index in [4.69, 9.17) is 0 Å². The molecule has 0 atom stereocenters. The summed E-state index contributed by atoms with van der Waals surface area (Å²) in [7, 11) is -3.84. The van der Waals surface area contributed by atoms with Crippen LogP contribution < -0.4 is 0 Å². The van der Waals surface area contributed by atoms with Gasteiger partial charge in [0.25, 0.3) is 0 Å². The molecule has 2 aromatic rings. The van der Waals surface area contributed by atoms with Crippen LogP contribution in [0.15, 0.2) is 102 Å². The summed E-state index contributed by atoms with van der Waals surface area (Å²) in [4.78, 5) is 22.8. The quantitative estimate of drug-likeness (QED) is 0.297. The molecular formula is C22H22N4O6S. The number of ketones is 2. The number of aliphatic hydroxyl groups excluding tert-OH is 2. The van der Waals surface area contributed by atoms with Gasteiger partial charge in [-0.1, -0.05) is 0 Å². The lowest BCUT2D eigenvalue weighted by Gasteiger charge is -2.05. The molecule has 2 aromatic carbocycles. The van der Waals surface area contributed by atoms with E-state index >= 15 is 0 Å². The summed E-state index contributed by atoms with van der Waals surface area (Å²) in [5.41, 5.74) is 0.199. The molecule has 0 aliphatic heterocycles. The SMILES string of the molecule is CC(=O)C(N=Nc1ccc(S(=O)(=O)c2ccc(N=NC(C(C)=O)=C(C)O)cc2)cc1)=C(C)O. The van der Waals surface area contributed by atoms with Gasteiger partial charge >= 0.3 is 0 Å². The van der Waals surface area contributed by atoms with Crippen LogP contribution >= 0.6 is 0 Å². The molecule has 0 aliphatic rings. The van der Waals surface area contributed by atoms with Crippen molar-refractivity contribution in [1.82, 2.24) is 0 Å². The zero-order valence-electron chi connectivity index (χ0n) is 18.3. The maximum Gasteiger partial charge on any atom is 0.206 e. The molecular weight excluding hydrogens is 448 g/mol. The van der Waals surface area contributed by atoms with Gasteiger partial charge in [0.1, 0.15) is 11.5 Å². The first-order chi connectivity index (χ1) is 15.4. The van der Waals surface area contributed by atoms with E-state index in [9.17, 15) is 28.2 Å². The molecule has 0 unspecified atom stereocenters. The lowest BCUT2D eigenvalue weighted by molar-refractivity contribution is -0.114. The average Bonchev–Trinajstić information content (AvgIpc) is 2.73. The highest BCUT2D eigenvalue weighted by atomic mass is 32.2. The van der Waals surface area contributed by atoms with Gasteiger partial charge in [-0.2, -0.15) is 10.2 Å². The van der Waals surface area contributed by atoms with Crippen LogP contribution in [0.1, 0.15) is 27.7 Å². The van der Waals surface area contributed by atoms with Crippen LogP contribution in [-0.2, 0) is 19.4 Å². The number of carbonyl (C=O) groups is 2. The Morgan fingerprint density at radius 1 is 0.636 bits per heavy atom. The minimum Gasteiger partial charge on any atom is -0.510 e. The van der Waals surface area contributed by atoms with Gasteiger partial charge in [0.15, 0.2) is 23.0 Å². The van der Waals surface area contributed by atoms with E-state index in [0.717, 1.165) is 0 Å². The number of aliphatic hydroxyl groups is 2. The standard InChI is InChI=1S/C22H22N4O6S/c1-13(27)21(14(2)28)25-23-17-5-9-19(10-6-17)33(31,32)20-11-7-18(8-12-20)24-26-22(15(3)29)16(4)30/h5-12,27,29H,1-4H3. The molecule has 172 valence electrons. The molecule has 33 heavy (non-hydrogen) atoms. The van der Waals surface area contributed by atoms with Crippen molar-refractivity contribution in [2.75, 3.05) is 0 Å². The summed E-state index contributed by atoms with van der Waals surface area (Å²) in [6.45, 7) is 5.10. The minimum atomic E-state index is -3.84. The van der Waals surface area contributed by atoms with E-state index in [-0.39, 0.29) is 32.7 Å². The van der Waals surface area contributed by atoms with E-state index in [1.165, 1.54) is 76.2 Å². The highest BCUT2D eigenvalue weighted by Gasteiger charge is 2.17. The molecule has 2 rings (SSSR count). The van der Waals surface area contributed by atoms with Crippen molar-refractivity contribution < 1.29 is 28.2 Å². The lowest BCUT2D eigenvalue weighted by Crippen LogP contribution is -2.01. The Morgan fingerprint density at radius 2 is 0.939 bits per heavy atom. The Bertz CT molecular complexity index is 1190. The van der Waals surface area contributed by atoms with Crippen LogP contribution in [0.3, 0.4) is 0 Å². The van der Waals surface area contributed by atoms with Gasteiger partial charge in [0.2, 0.25) is 9.84 Å². The zero-order chi connectivity index (χ0) is 24.8. The summed E-state index contributed by atoms with van der Waals surface area (Å²) in [6.07, 6.45) is 0. The zero-order valence-corrected chi connectivity index (χ0v) is 19.2. The largest absolute Gasteiger partial charge is 0.510 e. The second kappa shape index (κ2) is 10.6. The van der Waals surface area contributed by atoms with E-state index in [2.05, 4.69) is 20.5 Å². The Labute approximate surface area is 190 Å². The monoisotopic (exact) mass is 470 g/mol. The first-order valence-corrected chi connectivity index (χ1v) is 11.0. The Hall–Kier alpha value is -3.99. The van der Waals surface area contributed by atoms with Crippen LogP contribution in [0.5, 0.6) is 0 Å². The van der Waals surface area contributed by atoms with Crippen LogP contribution in [0.2, 0.25) is 0 Å². The molecule has 10 nitrogen and oxygen atoms in total. The molecule has 0 aliphatic carbocycles. The number of Topliss-reactive ketones (excluding diaryl/α,β-unsaturated/α-hetero) is 2. The number of allylic oxidation sites excluding steroid dienone is 4. The van der Waals surface area contributed by atoms with Gasteiger partial charge in [-0.3, -0.25) is 9.59 Å². The van der Waals surface area contributed by atoms with Crippen molar-refractivity contribution in [2.24, 2.45) is 20.5 Å².